The van der Waals surface area contributed by atoms with Crippen LogP contribution in [0.15, 0.2) is 17.5 Å². The van der Waals surface area contributed by atoms with E-state index in [4.69, 9.17) is 5.11 Å². The van der Waals surface area contributed by atoms with Crippen molar-refractivity contribution in [3.63, 3.8) is 0 Å². The van der Waals surface area contributed by atoms with Gasteiger partial charge in [0.05, 0.1) is 5.92 Å². The molecule has 1 aromatic heterocycles. The normalized spacial score (nSPS) is 12.1. The molecule has 0 spiro atoms. The molecule has 0 fully saturated rings. The molecule has 0 radical (unpaired) electrons. The molecule has 0 saturated carbocycles. The van der Waals surface area contributed by atoms with E-state index >= 15 is 0 Å². The molecule has 0 aromatic carbocycles. The second-order valence-corrected chi connectivity index (χ2v) is 4.87. The lowest BCUT2D eigenvalue weighted by Gasteiger charge is -2.23. The highest BCUT2D eigenvalue weighted by Crippen LogP contribution is 2.22. The summed E-state index contributed by atoms with van der Waals surface area (Å²) in [6.07, 6.45) is 0.760. The molecule has 94 valence electrons. The van der Waals surface area contributed by atoms with Gasteiger partial charge in [-0.1, -0.05) is 13.0 Å². The Hall–Kier alpha value is -1.36. The smallest absolute Gasteiger partial charge is 0.323 e. The zero-order valence-corrected chi connectivity index (χ0v) is 10.9. The van der Waals surface area contributed by atoms with Gasteiger partial charge in [-0.15, -0.1) is 11.3 Å². The quantitative estimate of drug-likeness (QED) is 0.847. The van der Waals surface area contributed by atoms with Crippen LogP contribution in [-0.4, -0.2) is 35.0 Å². The number of aliphatic carboxylic acids is 1. The standard InChI is InChI=1S/C12H17NO3S/c1-3-6-13(8-11(14)15)12(16)9(2)10-5-4-7-17-10/h4-5,7,9H,3,6,8H2,1-2H3,(H,14,15). The first-order valence-electron chi connectivity index (χ1n) is 5.60. The van der Waals surface area contributed by atoms with Gasteiger partial charge in [-0.2, -0.15) is 0 Å². The predicted octanol–water partition coefficient (Wildman–Crippen LogP) is 2.17. The zero-order valence-electron chi connectivity index (χ0n) is 10.0. The lowest BCUT2D eigenvalue weighted by atomic mass is 10.1. The van der Waals surface area contributed by atoms with Crippen molar-refractivity contribution < 1.29 is 14.7 Å². The highest BCUT2D eigenvalue weighted by atomic mass is 32.1. The molecule has 1 unspecified atom stereocenters. The molecule has 17 heavy (non-hydrogen) atoms. The Labute approximate surface area is 105 Å². The fourth-order valence-corrected chi connectivity index (χ4v) is 2.41. The first-order valence-corrected chi connectivity index (χ1v) is 6.48. The molecular weight excluding hydrogens is 238 g/mol. The van der Waals surface area contributed by atoms with E-state index in [1.807, 2.05) is 31.4 Å². The summed E-state index contributed by atoms with van der Waals surface area (Å²) in [5.41, 5.74) is 0. The average Bonchev–Trinajstić information content (AvgIpc) is 2.79. The number of thiophene rings is 1. The first-order chi connectivity index (χ1) is 8.06. The van der Waals surface area contributed by atoms with Crippen molar-refractivity contribution in [1.29, 1.82) is 0 Å². The van der Waals surface area contributed by atoms with Crippen LogP contribution in [-0.2, 0) is 9.59 Å². The maximum Gasteiger partial charge on any atom is 0.323 e. The van der Waals surface area contributed by atoms with Gasteiger partial charge in [0.15, 0.2) is 0 Å². The van der Waals surface area contributed by atoms with Crippen molar-refractivity contribution in [1.82, 2.24) is 4.90 Å². The van der Waals surface area contributed by atoms with E-state index in [1.165, 1.54) is 16.2 Å². The van der Waals surface area contributed by atoms with Gasteiger partial charge in [0.2, 0.25) is 5.91 Å². The van der Waals surface area contributed by atoms with Crippen LogP contribution in [0.4, 0.5) is 0 Å². The SMILES string of the molecule is CCCN(CC(=O)O)C(=O)C(C)c1cccs1. The van der Waals surface area contributed by atoms with Gasteiger partial charge < -0.3 is 10.0 Å². The summed E-state index contributed by atoms with van der Waals surface area (Å²) < 4.78 is 0. The third-order valence-electron chi connectivity index (χ3n) is 2.47. The minimum absolute atomic E-state index is 0.114. The molecule has 0 bridgehead atoms. The maximum absolute atomic E-state index is 12.1. The second kappa shape index (κ2) is 6.39. The molecule has 0 aliphatic rings. The van der Waals surface area contributed by atoms with E-state index in [1.54, 1.807) is 0 Å². The Kier molecular flexibility index (Phi) is 5.15. The largest absolute Gasteiger partial charge is 0.480 e. The fourth-order valence-electron chi connectivity index (χ4n) is 1.63. The number of rotatable bonds is 6. The average molecular weight is 255 g/mol. The van der Waals surface area contributed by atoms with Crippen LogP contribution in [0.25, 0.3) is 0 Å². The van der Waals surface area contributed by atoms with Crippen LogP contribution in [0.3, 0.4) is 0 Å². The monoisotopic (exact) mass is 255 g/mol. The number of carboxylic acids is 1. The van der Waals surface area contributed by atoms with Gasteiger partial charge in [-0.05, 0) is 24.8 Å². The van der Waals surface area contributed by atoms with Gasteiger partial charge in [-0.3, -0.25) is 9.59 Å². The molecule has 0 aliphatic carbocycles. The lowest BCUT2D eigenvalue weighted by Crippen LogP contribution is -2.38. The van der Waals surface area contributed by atoms with Crippen molar-refractivity contribution in [3.8, 4) is 0 Å². The summed E-state index contributed by atoms with van der Waals surface area (Å²) >= 11 is 1.52. The number of nitrogens with zero attached hydrogens (tertiary/aromatic N) is 1. The Balaban J connectivity index is 2.73. The van der Waals surface area contributed by atoms with Crippen LogP contribution in [0.5, 0.6) is 0 Å². The Morgan fingerprint density at radius 1 is 1.53 bits per heavy atom. The predicted molar refractivity (Wildman–Crippen MR) is 67.2 cm³/mol. The lowest BCUT2D eigenvalue weighted by molar-refractivity contribution is -0.144. The first kappa shape index (κ1) is 13.7. The van der Waals surface area contributed by atoms with Crippen LogP contribution in [0.1, 0.15) is 31.1 Å². The minimum Gasteiger partial charge on any atom is -0.480 e. The number of carbonyl (C=O) groups is 2. The molecule has 1 amide bonds. The minimum atomic E-state index is -0.967. The number of carboxylic acid groups (broad SMARTS) is 1. The highest BCUT2D eigenvalue weighted by Gasteiger charge is 2.23. The Bertz CT molecular complexity index is 375. The van der Waals surface area contributed by atoms with Crippen LogP contribution >= 0.6 is 11.3 Å². The summed E-state index contributed by atoms with van der Waals surface area (Å²) in [5, 5.41) is 10.7. The van der Waals surface area contributed by atoms with E-state index in [0.717, 1.165) is 11.3 Å². The molecule has 1 N–H and O–H groups in total. The number of hydrogen-bond donors (Lipinski definition) is 1. The number of hydrogen-bond acceptors (Lipinski definition) is 3. The Morgan fingerprint density at radius 2 is 2.24 bits per heavy atom. The van der Waals surface area contributed by atoms with Crippen molar-refractivity contribution in [2.75, 3.05) is 13.1 Å². The van der Waals surface area contributed by atoms with E-state index in [-0.39, 0.29) is 18.4 Å². The molecule has 5 heteroatoms. The molecule has 1 aromatic rings. The summed E-state index contributed by atoms with van der Waals surface area (Å²) in [7, 11) is 0. The molecule has 0 saturated heterocycles. The summed E-state index contributed by atoms with van der Waals surface area (Å²) in [6, 6.07) is 3.79. The van der Waals surface area contributed by atoms with Crippen LogP contribution in [0, 0.1) is 0 Å². The Morgan fingerprint density at radius 3 is 2.71 bits per heavy atom. The van der Waals surface area contributed by atoms with Gasteiger partial charge in [0, 0.05) is 11.4 Å². The van der Waals surface area contributed by atoms with Crippen molar-refractivity contribution >= 4 is 23.2 Å². The van der Waals surface area contributed by atoms with Gasteiger partial charge in [0.1, 0.15) is 6.54 Å². The van der Waals surface area contributed by atoms with E-state index < -0.39 is 5.97 Å². The van der Waals surface area contributed by atoms with Crippen molar-refractivity contribution in [2.45, 2.75) is 26.2 Å². The molecule has 1 heterocycles. The van der Waals surface area contributed by atoms with Gasteiger partial charge >= 0.3 is 5.97 Å². The summed E-state index contributed by atoms with van der Waals surface area (Å²) in [6.45, 7) is 4.01. The van der Waals surface area contributed by atoms with E-state index in [2.05, 4.69) is 0 Å². The third-order valence-corrected chi connectivity index (χ3v) is 3.53. The molecule has 4 nitrogen and oxygen atoms in total. The fraction of sp³-hybridized carbons (Fsp3) is 0.500. The second-order valence-electron chi connectivity index (χ2n) is 3.89. The summed E-state index contributed by atoms with van der Waals surface area (Å²) in [4.78, 5) is 25.2. The van der Waals surface area contributed by atoms with Gasteiger partial charge in [-0.25, -0.2) is 0 Å². The highest BCUT2D eigenvalue weighted by molar-refractivity contribution is 7.10. The molecule has 1 atom stereocenters. The van der Waals surface area contributed by atoms with E-state index in [0.29, 0.717) is 6.54 Å². The van der Waals surface area contributed by atoms with Crippen LogP contribution < -0.4 is 0 Å². The van der Waals surface area contributed by atoms with E-state index in [9.17, 15) is 9.59 Å². The topological polar surface area (TPSA) is 57.6 Å². The number of amides is 1. The van der Waals surface area contributed by atoms with Gasteiger partial charge in [0.25, 0.3) is 0 Å². The maximum atomic E-state index is 12.1. The van der Waals surface area contributed by atoms with Crippen molar-refractivity contribution in [3.05, 3.63) is 22.4 Å². The van der Waals surface area contributed by atoms with Crippen molar-refractivity contribution in [2.24, 2.45) is 0 Å². The molecule has 1 rings (SSSR count). The molecule has 0 aliphatic heterocycles. The molecular formula is C12H17NO3S. The van der Waals surface area contributed by atoms with Crippen LogP contribution in [0.2, 0.25) is 0 Å². The number of carbonyl (C=O) groups excluding carboxylic acids is 1. The summed E-state index contributed by atoms with van der Waals surface area (Å²) in [5.74, 6) is -1.34. The third kappa shape index (κ3) is 3.85. The zero-order chi connectivity index (χ0) is 12.8.